The van der Waals surface area contributed by atoms with Crippen molar-refractivity contribution in [3.8, 4) is 0 Å². The molecule has 0 radical (unpaired) electrons. The van der Waals surface area contributed by atoms with E-state index in [4.69, 9.17) is 12.2 Å². The Hall–Kier alpha value is -2.97. The van der Waals surface area contributed by atoms with Gasteiger partial charge in [0, 0.05) is 29.2 Å². The van der Waals surface area contributed by atoms with E-state index >= 15 is 0 Å². The van der Waals surface area contributed by atoms with Crippen LogP contribution in [0.25, 0.3) is 17.0 Å². The maximum Gasteiger partial charge on any atom is 0.266 e. The number of aromatic amines is 1. The lowest BCUT2D eigenvalue weighted by Gasteiger charge is -2.14. The zero-order valence-electron chi connectivity index (χ0n) is 15.9. The van der Waals surface area contributed by atoms with Crippen molar-refractivity contribution in [2.45, 2.75) is 6.42 Å². The van der Waals surface area contributed by atoms with Crippen molar-refractivity contribution in [1.82, 2.24) is 15.2 Å². The van der Waals surface area contributed by atoms with E-state index in [2.05, 4.69) is 10.3 Å². The number of nitrogens with one attached hydrogen (secondary N) is 2. The third kappa shape index (κ3) is 4.29. The van der Waals surface area contributed by atoms with Crippen LogP contribution in [-0.2, 0) is 16.0 Å². The number of benzene rings is 2. The second-order valence-corrected chi connectivity index (χ2v) is 8.42. The Morgan fingerprint density at radius 3 is 2.80 bits per heavy atom. The predicted octanol–water partition coefficient (Wildman–Crippen LogP) is 3.87. The van der Waals surface area contributed by atoms with Crippen molar-refractivity contribution in [3.05, 3.63) is 76.6 Å². The molecule has 1 saturated heterocycles. The maximum atomic E-state index is 13.8. The molecule has 0 spiro atoms. The third-order valence-electron chi connectivity index (χ3n) is 4.76. The van der Waals surface area contributed by atoms with Crippen LogP contribution in [0.1, 0.15) is 11.1 Å². The van der Waals surface area contributed by atoms with Crippen LogP contribution in [0.4, 0.5) is 4.39 Å². The Morgan fingerprint density at radius 2 is 1.97 bits per heavy atom. The van der Waals surface area contributed by atoms with Crippen molar-refractivity contribution in [2.24, 2.45) is 0 Å². The Bertz CT molecular complexity index is 1170. The first-order valence-corrected chi connectivity index (χ1v) is 10.6. The number of thioether (sulfide) groups is 1. The van der Waals surface area contributed by atoms with Crippen LogP contribution in [0, 0.1) is 5.82 Å². The highest BCUT2D eigenvalue weighted by molar-refractivity contribution is 8.26. The molecular formula is C22H18FN3O2S2. The molecule has 1 aromatic heterocycles. The number of aromatic nitrogens is 1. The molecule has 0 bridgehead atoms. The van der Waals surface area contributed by atoms with Crippen LogP contribution in [0.5, 0.6) is 0 Å². The molecule has 0 aliphatic carbocycles. The van der Waals surface area contributed by atoms with Gasteiger partial charge in [0.2, 0.25) is 5.91 Å². The lowest BCUT2D eigenvalue weighted by Crippen LogP contribution is -2.40. The van der Waals surface area contributed by atoms with Gasteiger partial charge in [0.1, 0.15) is 16.7 Å². The standard InChI is InChI=1S/C22H18FN3O2S2/c23-17-7-3-1-5-14(17)11-19-21(28)26(22(29)30-19)13-20(27)24-10-9-15-12-25-18-8-4-2-6-16(15)18/h1-8,11-12,25H,9-10,13H2,(H,24,27). The van der Waals surface area contributed by atoms with Crippen molar-refractivity contribution >= 4 is 57.1 Å². The first kappa shape index (κ1) is 20.3. The number of para-hydroxylation sites is 1. The smallest absolute Gasteiger partial charge is 0.266 e. The molecule has 2 aromatic carbocycles. The third-order valence-corrected chi connectivity index (χ3v) is 6.14. The number of carbonyl (C=O) groups excluding carboxylic acids is 2. The average molecular weight is 440 g/mol. The number of thiocarbonyl (C=S) groups is 1. The van der Waals surface area contributed by atoms with E-state index in [0.29, 0.717) is 23.4 Å². The van der Waals surface area contributed by atoms with Crippen LogP contribution in [-0.4, -0.2) is 39.1 Å². The number of rotatable bonds is 6. The molecule has 0 atom stereocenters. The van der Waals surface area contributed by atoms with Crippen LogP contribution < -0.4 is 5.32 Å². The SMILES string of the molecule is O=C(CN1C(=O)C(=Cc2ccccc2F)SC1=S)NCCc1c[nH]c2ccccc12. The number of H-pyrrole nitrogens is 1. The number of carbonyl (C=O) groups is 2. The Kier molecular flexibility index (Phi) is 5.96. The summed E-state index contributed by atoms with van der Waals surface area (Å²) in [5.74, 6) is -1.10. The molecule has 8 heteroatoms. The average Bonchev–Trinajstić information content (AvgIpc) is 3.26. The molecule has 0 unspecified atom stereocenters. The van der Waals surface area contributed by atoms with Crippen LogP contribution in [0.3, 0.4) is 0 Å². The minimum atomic E-state index is -0.419. The highest BCUT2D eigenvalue weighted by atomic mass is 32.2. The molecule has 2 N–H and O–H groups in total. The molecule has 1 fully saturated rings. The van der Waals surface area contributed by atoms with Crippen molar-refractivity contribution in [1.29, 1.82) is 0 Å². The molecule has 3 aromatic rings. The monoisotopic (exact) mass is 439 g/mol. The number of halogens is 1. The topological polar surface area (TPSA) is 65.2 Å². The Labute approximate surface area is 182 Å². The predicted molar refractivity (Wildman–Crippen MR) is 121 cm³/mol. The zero-order chi connectivity index (χ0) is 21.1. The van der Waals surface area contributed by atoms with Crippen molar-refractivity contribution in [2.75, 3.05) is 13.1 Å². The van der Waals surface area contributed by atoms with Crippen LogP contribution in [0.15, 0.2) is 59.6 Å². The molecule has 2 amide bonds. The van der Waals surface area contributed by atoms with Crippen molar-refractivity contribution < 1.29 is 14.0 Å². The fourth-order valence-electron chi connectivity index (χ4n) is 3.24. The summed E-state index contributed by atoms with van der Waals surface area (Å²) in [6, 6.07) is 14.2. The Morgan fingerprint density at radius 1 is 1.20 bits per heavy atom. The summed E-state index contributed by atoms with van der Waals surface area (Å²) >= 11 is 6.31. The van der Waals surface area contributed by atoms with Gasteiger partial charge in [-0.15, -0.1) is 0 Å². The van der Waals surface area contributed by atoms with Gasteiger partial charge < -0.3 is 10.3 Å². The van der Waals surface area contributed by atoms with Crippen molar-refractivity contribution in [3.63, 3.8) is 0 Å². The fourth-order valence-corrected chi connectivity index (χ4v) is 4.49. The van der Waals surface area contributed by atoms with E-state index < -0.39 is 5.82 Å². The second-order valence-electron chi connectivity index (χ2n) is 6.75. The van der Waals surface area contributed by atoms with E-state index in [1.165, 1.54) is 17.0 Å². The second kappa shape index (κ2) is 8.81. The van der Waals surface area contributed by atoms with E-state index in [-0.39, 0.29) is 22.7 Å². The van der Waals surface area contributed by atoms with Gasteiger partial charge >= 0.3 is 0 Å². The highest BCUT2D eigenvalue weighted by Crippen LogP contribution is 2.32. The summed E-state index contributed by atoms with van der Waals surface area (Å²) in [6.45, 7) is 0.285. The number of amides is 2. The van der Waals surface area contributed by atoms with Crippen LogP contribution in [0.2, 0.25) is 0 Å². The molecule has 152 valence electrons. The molecule has 4 rings (SSSR count). The van der Waals surface area contributed by atoms with E-state index in [0.717, 1.165) is 28.2 Å². The maximum absolute atomic E-state index is 13.8. The van der Waals surface area contributed by atoms with E-state index in [9.17, 15) is 14.0 Å². The lowest BCUT2D eigenvalue weighted by molar-refractivity contribution is -0.128. The highest BCUT2D eigenvalue weighted by Gasteiger charge is 2.33. The molecule has 30 heavy (non-hydrogen) atoms. The van der Waals surface area contributed by atoms with E-state index in [1.54, 1.807) is 18.2 Å². The first-order valence-electron chi connectivity index (χ1n) is 9.34. The number of fused-ring (bicyclic) bond motifs is 1. The van der Waals surface area contributed by atoms with Gasteiger partial charge in [0.05, 0.1) is 4.91 Å². The van der Waals surface area contributed by atoms with Gasteiger partial charge in [-0.05, 0) is 30.2 Å². The molecule has 0 saturated carbocycles. The lowest BCUT2D eigenvalue weighted by atomic mass is 10.1. The molecule has 1 aliphatic rings. The molecular weight excluding hydrogens is 421 g/mol. The summed E-state index contributed by atoms with van der Waals surface area (Å²) in [4.78, 5) is 29.7. The summed E-state index contributed by atoms with van der Waals surface area (Å²) < 4.78 is 14.1. The summed E-state index contributed by atoms with van der Waals surface area (Å²) in [5, 5.41) is 3.96. The first-order chi connectivity index (χ1) is 14.5. The molecule has 2 heterocycles. The largest absolute Gasteiger partial charge is 0.361 e. The van der Waals surface area contributed by atoms with Gasteiger partial charge in [0.25, 0.3) is 5.91 Å². The minimum absolute atomic E-state index is 0.160. The van der Waals surface area contributed by atoms with E-state index in [1.807, 2.05) is 30.5 Å². The summed E-state index contributed by atoms with van der Waals surface area (Å²) in [7, 11) is 0. The van der Waals surface area contributed by atoms with Gasteiger partial charge in [-0.25, -0.2) is 4.39 Å². The van der Waals surface area contributed by atoms with Gasteiger partial charge in [0.15, 0.2) is 0 Å². The molecule has 1 aliphatic heterocycles. The van der Waals surface area contributed by atoms with Gasteiger partial charge in [-0.3, -0.25) is 14.5 Å². The van der Waals surface area contributed by atoms with Crippen LogP contribution >= 0.6 is 24.0 Å². The zero-order valence-corrected chi connectivity index (χ0v) is 17.5. The summed E-state index contributed by atoms with van der Waals surface area (Å²) in [5.41, 5.74) is 2.48. The normalized spacial score (nSPS) is 15.4. The van der Waals surface area contributed by atoms with Gasteiger partial charge in [-0.2, -0.15) is 0 Å². The number of hydrogen-bond acceptors (Lipinski definition) is 4. The fraction of sp³-hybridized carbons (Fsp3) is 0.136. The Balaban J connectivity index is 1.34. The molecule has 5 nitrogen and oxygen atoms in total. The minimum Gasteiger partial charge on any atom is -0.361 e. The number of nitrogens with zero attached hydrogens (tertiary/aromatic N) is 1. The number of hydrogen-bond donors (Lipinski definition) is 2. The van der Waals surface area contributed by atoms with Gasteiger partial charge in [-0.1, -0.05) is 60.4 Å². The summed E-state index contributed by atoms with van der Waals surface area (Å²) in [6.07, 6.45) is 4.07. The quantitative estimate of drug-likeness (QED) is 0.452.